The number of hydrogen-bond donors (Lipinski definition) is 1. The van der Waals surface area contributed by atoms with Crippen LogP contribution in [0.1, 0.15) is 72.1 Å². The Morgan fingerprint density at radius 1 is 1.14 bits per heavy atom. The Labute approximate surface area is 130 Å². The average Bonchev–Trinajstić information content (AvgIpc) is 3.10. The molecular weight excluding hydrogens is 260 g/mol. The molecule has 1 aliphatic carbocycles. The number of ether oxygens (including phenoxy) is 1. The van der Waals surface area contributed by atoms with Crippen LogP contribution in [0.5, 0.6) is 0 Å². The fourth-order valence-electron chi connectivity index (χ4n) is 4.91. The molecule has 3 rings (SSSR count). The molecule has 2 saturated heterocycles. The molecule has 3 fully saturated rings. The third-order valence-corrected chi connectivity index (χ3v) is 6.58. The zero-order valence-electron chi connectivity index (χ0n) is 14.3. The summed E-state index contributed by atoms with van der Waals surface area (Å²) in [5.41, 5.74) is 0.765. The van der Waals surface area contributed by atoms with Crippen molar-refractivity contribution in [1.29, 1.82) is 0 Å². The summed E-state index contributed by atoms with van der Waals surface area (Å²) in [6, 6.07) is 0. The van der Waals surface area contributed by atoms with Crippen LogP contribution in [-0.2, 0) is 4.74 Å². The summed E-state index contributed by atoms with van der Waals surface area (Å²) in [7, 11) is 0. The fourth-order valence-corrected chi connectivity index (χ4v) is 4.91. The van der Waals surface area contributed by atoms with Gasteiger partial charge in [-0.05, 0) is 45.4 Å². The van der Waals surface area contributed by atoms with Crippen LogP contribution in [0.15, 0.2) is 0 Å². The molecule has 1 saturated carbocycles. The van der Waals surface area contributed by atoms with E-state index in [1.165, 1.54) is 64.5 Å². The summed E-state index contributed by atoms with van der Waals surface area (Å²) in [6.45, 7) is 10.5. The highest BCUT2D eigenvalue weighted by molar-refractivity contribution is 5.06. The van der Waals surface area contributed by atoms with Gasteiger partial charge in [0.25, 0.3) is 0 Å². The SMILES string of the molecule is CCC1(CC)CNC2(CCCC2)CN1CC1CCC(C)O1. The molecule has 2 heterocycles. The summed E-state index contributed by atoms with van der Waals surface area (Å²) in [5.74, 6) is 0. The lowest BCUT2D eigenvalue weighted by atomic mass is 9.82. The van der Waals surface area contributed by atoms with Crippen molar-refractivity contribution in [3.05, 3.63) is 0 Å². The molecule has 2 aliphatic heterocycles. The van der Waals surface area contributed by atoms with Gasteiger partial charge in [0, 0.05) is 30.7 Å². The van der Waals surface area contributed by atoms with Gasteiger partial charge in [0.15, 0.2) is 0 Å². The fraction of sp³-hybridized carbons (Fsp3) is 1.00. The maximum atomic E-state index is 6.14. The highest BCUT2D eigenvalue weighted by Gasteiger charge is 2.47. The minimum Gasteiger partial charge on any atom is -0.374 e. The summed E-state index contributed by atoms with van der Waals surface area (Å²) in [4.78, 5) is 2.82. The van der Waals surface area contributed by atoms with E-state index in [1.54, 1.807) is 0 Å². The highest BCUT2D eigenvalue weighted by atomic mass is 16.5. The van der Waals surface area contributed by atoms with Gasteiger partial charge in [-0.2, -0.15) is 0 Å². The first-order chi connectivity index (χ1) is 10.1. The lowest BCUT2D eigenvalue weighted by molar-refractivity contribution is -0.0435. The molecule has 0 bridgehead atoms. The molecule has 0 aromatic rings. The van der Waals surface area contributed by atoms with Crippen LogP contribution in [0, 0.1) is 0 Å². The Hall–Kier alpha value is -0.120. The first-order valence-corrected chi connectivity index (χ1v) is 9.27. The first kappa shape index (κ1) is 15.8. The Balaban J connectivity index is 1.73. The zero-order chi connectivity index (χ0) is 14.9. The molecule has 3 nitrogen and oxygen atoms in total. The van der Waals surface area contributed by atoms with E-state index >= 15 is 0 Å². The Kier molecular flexibility index (Phi) is 4.63. The highest BCUT2D eigenvalue weighted by Crippen LogP contribution is 2.38. The summed E-state index contributed by atoms with van der Waals surface area (Å²) in [6.07, 6.45) is 11.5. The van der Waals surface area contributed by atoms with Crippen molar-refractivity contribution in [3.8, 4) is 0 Å². The number of rotatable bonds is 4. The smallest absolute Gasteiger partial charge is 0.0706 e. The van der Waals surface area contributed by atoms with Gasteiger partial charge in [0.1, 0.15) is 0 Å². The van der Waals surface area contributed by atoms with E-state index < -0.39 is 0 Å². The second-order valence-corrected chi connectivity index (χ2v) is 7.80. The predicted octanol–water partition coefficient (Wildman–Crippen LogP) is 3.33. The molecule has 0 aromatic carbocycles. The topological polar surface area (TPSA) is 24.5 Å². The van der Waals surface area contributed by atoms with Gasteiger partial charge >= 0.3 is 0 Å². The van der Waals surface area contributed by atoms with Crippen molar-refractivity contribution in [2.24, 2.45) is 0 Å². The molecule has 0 aromatic heterocycles. The Morgan fingerprint density at radius 2 is 1.86 bits per heavy atom. The second-order valence-electron chi connectivity index (χ2n) is 7.80. The molecule has 0 radical (unpaired) electrons. The van der Waals surface area contributed by atoms with Crippen molar-refractivity contribution in [3.63, 3.8) is 0 Å². The molecule has 3 aliphatic rings. The van der Waals surface area contributed by atoms with Gasteiger partial charge in [-0.25, -0.2) is 0 Å². The Bertz CT molecular complexity index is 347. The maximum absolute atomic E-state index is 6.14. The number of hydrogen-bond acceptors (Lipinski definition) is 3. The van der Waals surface area contributed by atoms with Crippen molar-refractivity contribution in [1.82, 2.24) is 10.2 Å². The van der Waals surface area contributed by atoms with E-state index in [-0.39, 0.29) is 0 Å². The maximum Gasteiger partial charge on any atom is 0.0706 e. The summed E-state index contributed by atoms with van der Waals surface area (Å²) >= 11 is 0. The minimum atomic E-state index is 0.350. The molecule has 1 N–H and O–H groups in total. The van der Waals surface area contributed by atoms with Crippen LogP contribution in [0.4, 0.5) is 0 Å². The van der Waals surface area contributed by atoms with Crippen LogP contribution in [0.3, 0.4) is 0 Å². The van der Waals surface area contributed by atoms with Crippen molar-refractivity contribution >= 4 is 0 Å². The predicted molar refractivity (Wildman–Crippen MR) is 87.7 cm³/mol. The second kappa shape index (κ2) is 6.17. The zero-order valence-corrected chi connectivity index (χ0v) is 14.3. The standard InChI is InChI=1S/C18H34N2O/c1-4-18(5-2)13-19-17(10-6-7-11-17)14-20(18)12-16-9-8-15(3)21-16/h15-16,19H,4-14H2,1-3H3. The molecule has 0 amide bonds. The number of piperazine rings is 1. The molecule has 21 heavy (non-hydrogen) atoms. The third-order valence-electron chi connectivity index (χ3n) is 6.58. The molecule has 3 heteroatoms. The lowest BCUT2D eigenvalue weighted by Crippen LogP contribution is -2.69. The van der Waals surface area contributed by atoms with Crippen LogP contribution in [-0.4, -0.2) is 47.8 Å². The van der Waals surface area contributed by atoms with Crippen molar-refractivity contribution in [2.45, 2.75) is 95.4 Å². The van der Waals surface area contributed by atoms with Gasteiger partial charge < -0.3 is 10.1 Å². The van der Waals surface area contributed by atoms with Gasteiger partial charge in [-0.1, -0.05) is 26.7 Å². The van der Waals surface area contributed by atoms with Gasteiger partial charge in [0.2, 0.25) is 0 Å². The van der Waals surface area contributed by atoms with E-state index in [0.717, 1.165) is 6.54 Å². The van der Waals surface area contributed by atoms with Gasteiger partial charge in [0.05, 0.1) is 12.2 Å². The van der Waals surface area contributed by atoms with E-state index in [9.17, 15) is 0 Å². The van der Waals surface area contributed by atoms with E-state index in [4.69, 9.17) is 4.74 Å². The third kappa shape index (κ3) is 3.02. The van der Waals surface area contributed by atoms with Gasteiger partial charge in [-0.15, -0.1) is 0 Å². The van der Waals surface area contributed by atoms with Crippen molar-refractivity contribution in [2.75, 3.05) is 19.6 Å². The summed E-state index contributed by atoms with van der Waals surface area (Å²) < 4.78 is 6.14. The van der Waals surface area contributed by atoms with Crippen LogP contribution < -0.4 is 5.32 Å². The molecule has 2 unspecified atom stereocenters. The minimum absolute atomic E-state index is 0.350. The quantitative estimate of drug-likeness (QED) is 0.861. The van der Waals surface area contributed by atoms with Crippen molar-refractivity contribution < 1.29 is 4.74 Å². The van der Waals surface area contributed by atoms with Crippen LogP contribution in [0.25, 0.3) is 0 Å². The van der Waals surface area contributed by atoms with Gasteiger partial charge in [-0.3, -0.25) is 4.90 Å². The molecule has 1 spiro atoms. The number of nitrogens with one attached hydrogen (secondary N) is 1. The van der Waals surface area contributed by atoms with Crippen LogP contribution in [0.2, 0.25) is 0 Å². The first-order valence-electron chi connectivity index (χ1n) is 9.27. The van der Waals surface area contributed by atoms with E-state index in [1.807, 2.05) is 0 Å². The molecule has 2 atom stereocenters. The largest absolute Gasteiger partial charge is 0.374 e. The lowest BCUT2D eigenvalue weighted by Gasteiger charge is -2.54. The Morgan fingerprint density at radius 3 is 2.43 bits per heavy atom. The van der Waals surface area contributed by atoms with E-state index in [2.05, 4.69) is 31.0 Å². The normalized spacial score (nSPS) is 35.6. The summed E-state index contributed by atoms with van der Waals surface area (Å²) in [5, 5.41) is 3.97. The van der Waals surface area contributed by atoms with E-state index in [0.29, 0.717) is 23.3 Å². The monoisotopic (exact) mass is 294 g/mol. The molecule has 122 valence electrons. The van der Waals surface area contributed by atoms with Crippen LogP contribution >= 0.6 is 0 Å². The average molecular weight is 294 g/mol. The number of nitrogens with zero attached hydrogens (tertiary/aromatic N) is 1. The molecular formula is C18H34N2O.